The number of ether oxygens (including phenoxy) is 1. The monoisotopic (exact) mass is 404 g/mol. The Morgan fingerprint density at radius 2 is 1.71 bits per heavy atom. The zero-order valence-corrected chi connectivity index (χ0v) is 17.8. The van der Waals surface area contributed by atoms with E-state index in [1.165, 1.54) is 0 Å². The Labute approximate surface area is 167 Å². The van der Waals surface area contributed by atoms with E-state index in [-0.39, 0.29) is 18.6 Å². The third-order valence-electron chi connectivity index (χ3n) is 4.25. The van der Waals surface area contributed by atoms with Crippen LogP contribution in [0.2, 0.25) is 0 Å². The Balaban J connectivity index is 2.04. The molecular formula is C21H28N2O4S. The van der Waals surface area contributed by atoms with Gasteiger partial charge >= 0.3 is 0 Å². The number of hydrogen-bond acceptors (Lipinski definition) is 4. The van der Waals surface area contributed by atoms with Gasteiger partial charge in [0.25, 0.3) is 0 Å². The first-order valence-electron chi connectivity index (χ1n) is 9.14. The topological polar surface area (TPSA) is 75.7 Å². The van der Waals surface area contributed by atoms with Crippen LogP contribution >= 0.6 is 0 Å². The van der Waals surface area contributed by atoms with Crippen molar-refractivity contribution in [1.29, 1.82) is 0 Å². The largest absolute Gasteiger partial charge is 0.491 e. The highest BCUT2D eigenvalue weighted by atomic mass is 32.2. The average molecular weight is 405 g/mol. The Bertz CT molecular complexity index is 910. The van der Waals surface area contributed by atoms with Crippen LogP contribution in [0.3, 0.4) is 0 Å². The fourth-order valence-electron chi connectivity index (χ4n) is 2.83. The average Bonchev–Trinajstić information content (AvgIpc) is 2.60. The summed E-state index contributed by atoms with van der Waals surface area (Å²) in [5, 5.41) is 2.83. The molecule has 6 nitrogen and oxygen atoms in total. The molecule has 0 aliphatic heterocycles. The quantitative estimate of drug-likeness (QED) is 0.734. The molecular weight excluding hydrogens is 376 g/mol. The van der Waals surface area contributed by atoms with Crippen LogP contribution in [0.25, 0.3) is 0 Å². The van der Waals surface area contributed by atoms with Crippen molar-refractivity contribution in [3.8, 4) is 5.75 Å². The third kappa shape index (κ3) is 5.99. The summed E-state index contributed by atoms with van der Waals surface area (Å²) in [6, 6.07) is 13.5. The van der Waals surface area contributed by atoms with Crippen molar-refractivity contribution < 1.29 is 17.9 Å². The Morgan fingerprint density at radius 1 is 1.07 bits per heavy atom. The van der Waals surface area contributed by atoms with Crippen LogP contribution in [0.15, 0.2) is 48.5 Å². The van der Waals surface area contributed by atoms with E-state index in [9.17, 15) is 13.2 Å². The van der Waals surface area contributed by atoms with Crippen LogP contribution in [0.1, 0.15) is 25.0 Å². The molecule has 0 saturated carbocycles. The minimum Gasteiger partial charge on any atom is -0.491 e. The van der Waals surface area contributed by atoms with Crippen molar-refractivity contribution in [2.45, 2.75) is 39.8 Å². The van der Waals surface area contributed by atoms with Gasteiger partial charge < -0.3 is 10.1 Å². The van der Waals surface area contributed by atoms with Crippen LogP contribution in [0.5, 0.6) is 5.75 Å². The summed E-state index contributed by atoms with van der Waals surface area (Å²) in [6.07, 6.45) is 1.10. The number of nitrogens with one attached hydrogen (secondary N) is 1. The Kier molecular flexibility index (Phi) is 7.07. The van der Waals surface area contributed by atoms with E-state index < -0.39 is 16.1 Å². The Hall–Kier alpha value is -2.54. The van der Waals surface area contributed by atoms with Crippen LogP contribution < -0.4 is 14.4 Å². The molecule has 0 unspecified atom stereocenters. The van der Waals surface area contributed by atoms with E-state index in [0.717, 1.165) is 27.4 Å². The Morgan fingerprint density at radius 3 is 2.29 bits per heavy atom. The number of carbonyl (C=O) groups excluding carboxylic acids is 1. The molecule has 0 heterocycles. The number of aryl methyl sites for hydroxylation is 2. The molecule has 2 rings (SSSR count). The van der Waals surface area contributed by atoms with E-state index >= 15 is 0 Å². The number of benzene rings is 2. The normalized spacial score (nSPS) is 13.5. The van der Waals surface area contributed by atoms with Gasteiger partial charge in [0.05, 0.1) is 18.0 Å². The number of nitrogens with zero attached hydrogens (tertiary/aromatic N) is 1. The van der Waals surface area contributed by atoms with Crippen molar-refractivity contribution in [1.82, 2.24) is 5.32 Å². The summed E-state index contributed by atoms with van der Waals surface area (Å²) in [5.74, 6) is 0.337. The number of amides is 1. The second kappa shape index (κ2) is 9.10. The van der Waals surface area contributed by atoms with E-state index in [1.54, 1.807) is 25.1 Å². The van der Waals surface area contributed by atoms with Gasteiger partial charge in [-0.2, -0.15) is 0 Å². The van der Waals surface area contributed by atoms with Gasteiger partial charge in [0.1, 0.15) is 18.4 Å². The van der Waals surface area contributed by atoms with E-state index in [2.05, 4.69) is 5.32 Å². The van der Waals surface area contributed by atoms with Gasteiger partial charge in [-0.1, -0.05) is 29.8 Å². The molecule has 0 aromatic heterocycles. The molecule has 0 aliphatic carbocycles. The zero-order chi connectivity index (χ0) is 20.9. The maximum atomic E-state index is 12.7. The third-order valence-corrected chi connectivity index (χ3v) is 5.50. The number of sulfonamides is 1. The molecule has 2 aromatic carbocycles. The lowest BCUT2D eigenvalue weighted by Crippen LogP contribution is -2.50. The molecule has 28 heavy (non-hydrogen) atoms. The van der Waals surface area contributed by atoms with Crippen LogP contribution in [-0.2, 0) is 14.8 Å². The first kappa shape index (κ1) is 21.8. The SMILES string of the molecule is Cc1ccc(OC[C@@H](C)NC(=O)[C@H](C)N(c2cccc(C)c2)S(C)(=O)=O)cc1. The van der Waals surface area contributed by atoms with Gasteiger partial charge in [-0.15, -0.1) is 0 Å². The van der Waals surface area contributed by atoms with Gasteiger partial charge in [-0.25, -0.2) is 8.42 Å². The number of hydrogen-bond donors (Lipinski definition) is 1. The molecule has 0 radical (unpaired) electrons. The van der Waals surface area contributed by atoms with Gasteiger partial charge in [-0.05, 0) is 57.5 Å². The lowest BCUT2D eigenvalue weighted by atomic mass is 10.2. The molecule has 0 aliphatic rings. The maximum Gasteiger partial charge on any atom is 0.243 e. The zero-order valence-electron chi connectivity index (χ0n) is 17.0. The van der Waals surface area contributed by atoms with E-state index in [0.29, 0.717) is 5.69 Å². The molecule has 0 fully saturated rings. The maximum absolute atomic E-state index is 12.7. The smallest absolute Gasteiger partial charge is 0.243 e. The summed E-state index contributed by atoms with van der Waals surface area (Å²) < 4.78 is 31.5. The van der Waals surface area contributed by atoms with Crippen molar-refractivity contribution in [2.24, 2.45) is 0 Å². The van der Waals surface area contributed by atoms with Crippen molar-refractivity contribution >= 4 is 21.6 Å². The second-order valence-electron chi connectivity index (χ2n) is 7.11. The van der Waals surface area contributed by atoms with Gasteiger partial charge in [0.15, 0.2) is 0 Å². The van der Waals surface area contributed by atoms with Crippen molar-refractivity contribution in [2.75, 3.05) is 17.2 Å². The molecule has 2 atom stereocenters. The molecule has 2 aromatic rings. The van der Waals surface area contributed by atoms with Gasteiger partial charge in [-0.3, -0.25) is 9.10 Å². The van der Waals surface area contributed by atoms with Gasteiger partial charge in [0, 0.05) is 0 Å². The fourth-order valence-corrected chi connectivity index (χ4v) is 4.00. The van der Waals surface area contributed by atoms with Crippen molar-refractivity contribution in [3.05, 3.63) is 59.7 Å². The number of rotatable bonds is 8. The minimum absolute atomic E-state index is 0.282. The van der Waals surface area contributed by atoms with E-state index in [4.69, 9.17) is 4.74 Å². The number of anilines is 1. The number of carbonyl (C=O) groups is 1. The summed E-state index contributed by atoms with van der Waals surface area (Å²) in [7, 11) is -3.63. The van der Waals surface area contributed by atoms with Crippen LogP contribution in [0, 0.1) is 13.8 Å². The minimum atomic E-state index is -3.63. The highest BCUT2D eigenvalue weighted by Crippen LogP contribution is 2.22. The molecule has 7 heteroatoms. The summed E-state index contributed by atoms with van der Waals surface area (Å²) in [6.45, 7) is 7.54. The molecule has 0 spiro atoms. The van der Waals surface area contributed by atoms with Crippen LogP contribution in [-0.4, -0.2) is 39.3 Å². The second-order valence-corrected chi connectivity index (χ2v) is 8.97. The predicted octanol–water partition coefficient (Wildman–Crippen LogP) is 3.04. The van der Waals surface area contributed by atoms with Gasteiger partial charge in [0.2, 0.25) is 15.9 Å². The summed E-state index contributed by atoms with van der Waals surface area (Å²) in [5.41, 5.74) is 2.52. The predicted molar refractivity (Wildman–Crippen MR) is 112 cm³/mol. The fraction of sp³-hybridized carbons (Fsp3) is 0.381. The first-order valence-corrected chi connectivity index (χ1v) is 11.0. The molecule has 1 N–H and O–H groups in total. The summed E-state index contributed by atoms with van der Waals surface area (Å²) >= 11 is 0. The lowest BCUT2D eigenvalue weighted by Gasteiger charge is -2.29. The molecule has 152 valence electrons. The van der Waals surface area contributed by atoms with E-state index in [1.807, 2.05) is 51.1 Å². The first-order chi connectivity index (χ1) is 13.1. The highest BCUT2D eigenvalue weighted by Gasteiger charge is 2.29. The molecule has 1 amide bonds. The lowest BCUT2D eigenvalue weighted by molar-refractivity contribution is -0.122. The van der Waals surface area contributed by atoms with Crippen molar-refractivity contribution in [3.63, 3.8) is 0 Å². The summed E-state index contributed by atoms with van der Waals surface area (Å²) in [4.78, 5) is 12.7. The molecule has 0 bridgehead atoms. The van der Waals surface area contributed by atoms with Crippen LogP contribution in [0.4, 0.5) is 5.69 Å². The molecule has 0 saturated heterocycles. The standard InChI is InChI=1S/C21H28N2O4S/c1-15-9-11-20(12-10-15)27-14-17(3)22-21(24)18(4)23(28(5,25)26)19-8-6-7-16(2)13-19/h6-13,17-18H,14H2,1-5H3,(H,22,24)/t17-,18+/m1/s1. The highest BCUT2D eigenvalue weighted by molar-refractivity contribution is 7.92.